The Morgan fingerprint density at radius 2 is 2.23 bits per heavy atom. The van der Waals surface area contributed by atoms with Crippen molar-refractivity contribution in [3.05, 3.63) is 45.2 Å². The Balaban J connectivity index is 1.83. The standard InChI is InChI=1S/C18H19N5O2S/c1-2-16(24)20-15-10-13(14-8-5-9-26-14)22-23(15)18-19-12-7-4-3-6-11(12)17(25)21-18/h5,8-10H,2-4,6-7H2,1H3,(H,20,24)(H,19,21,25). The van der Waals surface area contributed by atoms with Crippen molar-refractivity contribution in [2.24, 2.45) is 0 Å². The average molecular weight is 369 g/mol. The minimum atomic E-state index is -0.121. The zero-order valence-electron chi connectivity index (χ0n) is 14.4. The maximum Gasteiger partial charge on any atom is 0.255 e. The van der Waals surface area contributed by atoms with Crippen LogP contribution in [0.15, 0.2) is 28.4 Å². The molecule has 1 aliphatic rings. The molecule has 0 spiro atoms. The van der Waals surface area contributed by atoms with Crippen LogP contribution in [0.2, 0.25) is 0 Å². The third kappa shape index (κ3) is 3.08. The summed E-state index contributed by atoms with van der Waals surface area (Å²) in [6, 6.07) is 5.72. The van der Waals surface area contributed by atoms with Crippen molar-refractivity contribution >= 4 is 23.1 Å². The molecule has 1 amide bonds. The molecule has 0 saturated heterocycles. The molecule has 0 bridgehead atoms. The fourth-order valence-electron chi connectivity index (χ4n) is 3.10. The molecular weight excluding hydrogens is 350 g/mol. The maximum atomic E-state index is 12.5. The second-order valence-electron chi connectivity index (χ2n) is 6.23. The number of carbonyl (C=O) groups is 1. The summed E-state index contributed by atoms with van der Waals surface area (Å²) in [5, 5.41) is 9.39. The normalized spacial score (nSPS) is 13.4. The molecule has 7 nitrogen and oxygen atoms in total. The van der Waals surface area contributed by atoms with Crippen LogP contribution in [-0.4, -0.2) is 25.7 Å². The summed E-state index contributed by atoms with van der Waals surface area (Å²) in [6.07, 6.45) is 3.95. The van der Waals surface area contributed by atoms with Crippen LogP contribution in [0.4, 0.5) is 5.82 Å². The Morgan fingerprint density at radius 1 is 1.38 bits per heavy atom. The Morgan fingerprint density at radius 3 is 3.00 bits per heavy atom. The minimum Gasteiger partial charge on any atom is -0.310 e. The van der Waals surface area contributed by atoms with Gasteiger partial charge < -0.3 is 5.32 Å². The topological polar surface area (TPSA) is 92.7 Å². The van der Waals surface area contributed by atoms with Crippen LogP contribution in [0.5, 0.6) is 0 Å². The predicted octanol–water partition coefficient (Wildman–Crippen LogP) is 2.91. The van der Waals surface area contributed by atoms with E-state index in [1.807, 2.05) is 17.5 Å². The molecule has 0 saturated carbocycles. The smallest absolute Gasteiger partial charge is 0.255 e. The van der Waals surface area contributed by atoms with Crippen molar-refractivity contribution in [3.63, 3.8) is 0 Å². The van der Waals surface area contributed by atoms with Crippen molar-refractivity contribution < 1.29 is 4.79 Å². The molecule has 3 aromatic heterocycles. The molecule has 2 N–H and O–H groups in total. The van der Waals surface area contributed by atoms with E-state index in [1.165, 1.54) is 4.68 Å². The number of anilines is 1. The van der Waals surface area contributed by atoms with Crippen LogP contribution < -0.4 is 10.9 Å². The lowest BCUT2D eigenvalue weighted by Gasteiger charge is -2.15. The monoisotopic (exact) mass is 369 g/mol. The summed E-state index contributed by atoms with van der Waals surface area (Å²) < 4.78 is 1.51. The number of hydrogen-bond acceptors (Lipinski definition) is 5. The summed E-state index contributed by atoms with van der Waals surface area (Å²) >= 11 is 1.56. The molecule has 3 aromatic rings. The first kappa shape index (κ1) is 16.7. The Kier molecular flexibility index (Phi) is 4.42. The lowest BCUT2D eigenvalue weighted by molar-refractivity contribution is -0.115. The highest BCUT2D eigenvalue weighted by atomic mass is 32.1. The second-order valence-corrected chi connectivity index (χ2v) is 7.18. The van der Waals surface area contributed by atoms with E-state index in [9.17, 15) is 9.59 Å². The molecule has 4 rings (SSSR count). The number of aromatic amines is 1. The van der Waals surface area contributed by atoms with Crippen molar-refractivity contribution in [3.8, 4) is 16.5 Å². The molecule has 0 radical (unpaired) electrons. The summed E-state index contributed by atoms with van der Waals surface area (Å²) in [7, 11) is 0. The molecule has 26 heavy (non-hydrogen) atoms. The Labute approximate surface area is 154 Å². The SMILES string of the molecule is CCC(=O)Nc1cc(-c2cccs2)nn1-c1nc2c(c(=O)[nH]1)CCCC2. The molecule has 134 valence electrons. The van der Waals surface area contributed by atoms with E-state index in [2.05, 4.69) is 20.4 Å². The lowest BCUT2D eigenvalue weighted by Crippen LogP contribution is -2.24. The quantitative estimate of drug-likeness (QED) is 0.739. The van der Waals surface area contributed by atoms with Crippen molar-refractivity contribution in [2.45, 2.75) is 39.0 Å². The van der Waals surface area contributed by atoms with Gasteiger partial charge in [0.2, 0.25) is 11.9 Å². The number of aryl methyl sites for hydroxylation is 1. The number of thiophene rings is 1. The van der Waals surface area contributed by atoms with Crippen molar-refractivity contribution in [1.29, 1.82) is 0 Å². The number of hydrogen-bond donors (Lipinski definition) is 2. The Hall–Kier alpha value is -2.74. The van der Waals surface area contributed by atoms with Crippen molar-refractivity contribution in [2.75, 3.05) is 5.32 Å². The molecule has 0 atom stereocenters. The highest BCUT2D eigenvalue weighted by Crippen LogP contribution is 2.27. The molecule has 3 heterocycles. The first-order valence-electron chi connectivity index (χ1n) is 8.72. The largest absolute Gasteiger partial charge is 0.310 e. The molecule has 0 unspecified atom stereocenters. The van der Waals surface area contributed by atoms with Gasteiger partial charge in [0, 0.05) is 18.1 Å². The number of nitrogens with one attached hydrogen (secondary N) is 2. The molecule has 0 aromatic carbocycles. The van der Waals surface area contributed by atoms with Gasteiger partial charge in [-0.25, -0.2) is 4.98 Å². The second kappa shape index (κ2) is 6.87. The van der Waals surface area contributed by atoms with Gasteiger partial charge in [-0.2, -0.15) is 9.78 Å². The maximum absolute atomic E-state index is 12.5. The number of fused-ring (bicyclic) bond motifs is 1. The first-order valence-corrected chi connectivity index (χ1v) is 9.60. The van der Waals surface area contributed by atoms with Crippen molar-refractivity contribution in [1.82, 2.24) is 19.7 Å². The molecule has 1 aliphatic carbocycles. The van der Waals surface area contributed by atoms with Gasteiger partial charge >= 0.3 is 0 Å². The van der Waals surface area contributed by atoms with E-state index in [0.29, 0.717) is 18.2 Å². The van der Waals surface area contributed by atoms with E-state index < -0.39 is 0 Å². The Bertz CT molecular complexity index is 1000. The third-order valence-electron chi connectivity index (χ3n) is 4.45. The molecular formula is C18H19N5O2S. The van der Waals surface area contributed by atoms with Gasteiger partial charge in [0.05, 0.1) is 10.6 Å². The van der Waals surface area contributed by atoms with Crippen LogP contribution in [0, 0.1) is 0 Å². The summed E-state index contributed by atoms with van der Waals surface area (Å²) in [6.45, 7) is 1.79. The fourth-order valence-corrected chi connectivity index (χ4v) is 3.78. The van der Waals surface area contributed by atoms with E-state index in [0.717, 1.165) is 47.5 Å². The number of aromatic nitrogens is 4. The van der Waals surface area contributed by atoms with Gasteiger partial charge in [0.1, 0.15) is 11.5 Å². The number of nitrogens with zero attached hydrogens (tertiary/aromatic N) is 3. The van der Waals surface area contributed by atoms with Crippen LogP contribution in [0.25, 0.3) is 16.5 Å². The first-order chi connectivity index (χ1) is 12.7. The summed E-state index contributed by atoms with van der Waals surface area (Å²) in [4.78, 5) is 32.8. The van der Waals surface area contributed by atoms with E-state index >= 15 is 0 Å². The van der Waals surface area contributed by atoms with Gasteiger partial charge in [-0.3, -0.25) is 14.6 Å². The highest BCUT2D eigenvalue weighted by Gasteiger charge is 2.19. The van der Waals surface area contributed by atoms with E-state index in [4.69, 9.17) is 0 Å². The number of amides is 1. The van der Waals surface area contributed by atoms with Crippen LogP contribution >= 0.6 is 11.3 Å². The molecule has 0 fully saturated rings. The summed E-state index contributed by atoms with van der Waals surface area (Å²) in [5.41, 5.74) is 2.21. The minimum absolute atomic E-state index is 0.120. The zero-order valence-corrected chi connectivity index (χ0v) is 15.2. The number of H-pyrrole nitrogens is 1. The lowest BCUT2D eigenvalue weighted by atomic mass is 9.97. The van der Waals surface area contributed by atoms with Gasteiger partial charge in [-0.1, -0.05) is 13.0 Å². The molecule has 8 heteroatoms. The van der Waals surface area contributed by atoms with Gasteiger partial charge in [0.25, 0.3) is 5.56 Å². The van der Waals surface area contributed by atoms with Crippen LogP contribution in [-0.2, 0) is 17.6 Å². The highest BCUT2D eigenvalue weighted by molar-refractivity contribution is 7.13. The molecule has 0 aliphatic heterocycles. The van der Waals surface area contributed by atoms with Crippen LogP contribution in [0.3, 0.4) is 0 Å². The van der Waals surface area contributed by atoms with Crippen LogP contribution in [0.1, 0.15) is 37.4 Å². The number of rotatable bonds is 4. The van der Waals surface area contributed by atoms with E-state index in [-0.39, 0.29) is 11.5 Å². The summed E-state index contributed by atoms with van der Waals surface area (Å²) in [5.74, 6) is 0.716. The van der Waals surface area contributed by atoms with Gasteiger partial charge in [-0.15, -0.1) is 11.3 Å². The zero-order chi connectivity index (χ0) is 18.1. The average Bonchev–Trinajstić information content (AvgIpc) is 3.31. The van der Waals surface area contributed by atoms with Gasteiger partial charge in [-0.05, 0) is 37.1 Å². The van der Waals surface area contributed by atoms with E-state index in [1.54, 1.807) is 24.3 Å². The third-order valence-corrected chi connectivity index (χ3v) is 5.34. The fraction of sp³-hybridized carbons (Fsp3) is 0.333. The van der Waals surface area contributed by atoms with Gasteiger partial charge in [0.15, 0.2) is 0 Å². The predicted molar refractivity (Wildman–Crippen MR) is 101 cm³/mol. The number of carbonyl (C=O) groups excluding carboxylic acids is 1.